The molecule has 4 rings (SSSR count). The standard InChI is InChI=1S/C21H14F3N3O3S/c22-21(23,24)20-25-19(26-30-20)11-6-15-12-13-27(14-15)31(28,29)18-9-7-17(8-10-18)16-4-2-1-3-5-16/h1-14H/b11-6+. The Hall–Kier alpha value is -3.66. The number of alkyl halides is 3. The van der Waals surface area contributed by atoms with E-state index < -0.39 is 22.1 Å². The maximum absolute atomic E-state index is 12.9. The van der Waals surface area contributed by atoms with Crippen LogP contribution in [-0.2, 0) is 16.2 Å². The molecule has 0 saturated carbocycles. The van der Waals surface area contributed by atoms with Crippen molar-refractivity contribution < 1.29 is 26.1 Å². The number of aromatic nitrogens is 3. The highest BCUT2D eigenvalue weighted by atomic mass is 32.2. The van der Waals surface area contributed by atoms with Gasteiger partial charge in [0.1, 0.15) is 0 Å². The van der Waals surface area contributed by atoms with E-state index in [9.17, 15) is 21.6 Å². The van der Waals surface area contributed by atoms with Gasteiger partial charge in [0.05, 0.1) is 4.90 Å². The van der Waals surface area contributed by atoms with Crippen molar-refractivity contribution >= 4 is 22.2 Å². The van der Waals surface area contributed by atoms with Crippen molar-refractivity contribution in [2.75, 3.05) is 0 Å². The second-order valence-corrected chi connectivity index (χ2v) is 8.30. The Morgan fingerprint density at radius 1 is 0.903 bits per heavy atom. The van der Waals surface area contributed by atoms with Crippen molar-refractivity contribution in [3.8, 4) is 11.1 Å². The van der Waals surface area contributed by atoms with Crippen molar-refractivity contribution in [2.24, 2.45) is 0 Å². The zero-order valence-electron chi connectivity index (χ0n) is 15.7. The van der Waals surface area contributed by atoms with Gasteiger partial charge in [0.25, 0.3) is 10.0 Å². The molecule has 0 bridgehead atoms. The predicted molar refractivity (Wildman–Crippen MR) is 107 cm³/mol. The lowest BCUT2D eigenvalue weighted by Gasteiger charge is -2.07. The van der Waals surface area contributed by atoms with Crippen molar-refractivity contribution in [2.45, 2.75) is 11.1 Å². The average Bonchev–Trinajstić information content (AvgIpc) is 3.43. The van der Waals surface area contributed by atoms with Crippen LogP contribution in [0.15, 0.2) is 82.5 Å². The van der Waals surface area contributed by atoms with Gasteiger partial charge in [0.15, 0.2) is 5.82 Å². The van der Waals surface area contributed by atoms with Crippen LogP contribution >= 0.6 is 0 Å². The van der Waals surface area contributed by atoms with Crippen molar-refractivity contribution in [3.05, 3.63) is 90.3 Å². The normalized spacial score (nSPS) is 12.5. The third-order valence-electron chi connectivity index (χ3n) is 4.34. The van der Waals surface area contributed by atoms with Crippen LogP contribution in [0.3, 0.4) is 0 Å². The van der Waals surface area contributed by atoms with Gasteiger partial charge in [-0.1, -0.05) is 47.6 Å². The molecule has 0 fully saturated rings. The molecule has 10 heteroatoms. The summed E-state index contributed by atoms with van der Waals surface area (Å²) in [4.78, 5) is 3.32. The molecule has 0 spiro atoms. The van der Waals surface area contributed by atoms with Gasteiger partial charge in [-0.2, -0.15) is 18.2 Å². The quantitative estimate of drug-likeness (QED) is 0.434. The molecule has 31 heavy (non-hydrogen) atoms. The first kappa shape index (κ1) is 20.6. The summed E-state index contributed by atoms with van der Waals surface area (Å²) >= 11 is 0. The van der Waals surface area contributed by atoms with E-state index in [-0.39, 0.29) is 10.7 Å². The Bertz CT molecular complexity index is 1320. The van der Waals surface area contributed by atoms with Crippen LogP contribution in [-0.4, -0.2) is 22.5 Å². The molecule has 0 N–H and O–H groups in total. The maximum atomic E-state index is 12.9. The first-order valence-corrected chi connectivity index (χ1v) is 10.4. The molecule has 6 nitrogen and oxygen atoms in total. The monoisotopic (exact) mass is 445 g/mol. The summed E-state index contributed by atoms with van der Waals surface area (Å²) < 4.78 is 68.4. The zero-order chi connectivity index (χ0) is 22.1. The summed E-state index contributed by atoms with van der Waals surface area (Å²) in [5.41, 5.74) is 2.28. The average molecular weight is 445 g/mol. The second kappa shape index (κ2) is 7.88. The molecule has 0 unspecified atom stereocenters. The van der Waals surface area contributed by atoms with E-state index in [1.165, 1.54) is 42.7 Å². The Labute approximate surface area is 175 Å². The van der Waals surface area contributed by atoms with E-state index >= 15 is 0 Å². The molecule has 0 radical (unpaired) electrons. The van der Waals surface area contributed by atoms with Gasteiger partial charge < -0.3 is 4.52 Å². The molecule has 2 aromatic heterocycles. The van der Waals surface area contributed by atoms with Crippen LogP contribution in [0.1, 0.15) is 17.3 Å². The maximum Gasteiger partial charge on any atom is 0.471 e. The largest absolute Gasteiger partial charge is 0.471 e. The first-order valence-electron chi connectivity index (χ1n) is 8.91. The molecule has 158 valence electrons. The number of hydrogen-bond acceptors (Lipinski definition) is 5. The summed E-state index contributed by atoms with van der Waals surface area (Å²) in [5.74, 6) is -1.73. The third kappa shape index (κ3) is 4.43. The number of nitrogens with zero attached hydrogens (tertiary/aromatic N) is 3. The first-order chi connectivity index (χ1) is 14.7. The Morgan fingerprint density at radius 3 is 2.23 bits per heavy atom. The predicted octanol–water partition coefficient (Wildman–Crippen LogP) is 4.96. The molecule has 0 atom stereocenters. The molecule has 0 aliphatic heterocycles. The molecule has 0 saturated heterocycles. The molecule has 0 aliphatic rings. The van der Waals surface area contributed by atoms with Crippen LogP contribution in [0.5, 0.6) is 0 Å². The molecule has 4 aromatic rings. The highest BCUT2D eigenvalue weighted by Gasteiger charge is 2.38. The van der Waals surface area contributed by atoms with Gasteiger partial charge in [-0.25, -0.2) is 12.4 Å². The SMILES string of the molecule is O=S(=O)(c1ccc(-c2ccccc2)cc1)n1ccc(/C=C/c2noc(C(F)(F)F)n2)c1. The smallest absolute Gasteiger partial charge is 0.329 e. The van der Waals surface area contributed by atoms with Crippen molar-refractivity contribution in [1.82, 2.24) is 14.1 Å². The van der Waals surface area contributed by atoms with Gasteiger partial charge in [-0.3, -0.25) is 0 Å². The van der Waals surface area contributed by atoms with Gasteiger partial charge in [0, 0.05) is 12.4 Å². The molecule has 0 amide bonds. The van der Waals surface area contributed by atoms with Gasteiger partial charge in [-0.15, -0.1) is 0 Å². The second-order valence-electron chi connectivity index (χ2n) is 6.46. The highest BCUT2D eigenvalue weighted by Crippen LogP contribution is 2.27. The minimum absolute atomic E-state index is 0.103. The van der Waals surface area contributed by atoms with Crippen molar-refractivity contribution in [1.29, 1.82) is 0 Å². The molecule has 2 heterocycles. The minimum atomic E-state index is -4.73. The molecule has 2 aromatic carbocycles. The van der Waals surface area contributed by atoms with Crippen LogP contribution in [0.4, 0.5) is 13.2 Å². The summed E-state index contributed by atoms with van der Waals surface area (Å²) in [6, 6.07) is 17.5. The van der Waals surface area contributed by atoms with Gasteiger partial charge >= 0.3 is 12.1 Å². The lowest BCUT2D eigenvalue weighted by atomic mass is 10.1. The number of benzene rings is 2. The number of rotatable bonds is 5. The number of halogens is 3. The van der Waals surface area contributed by atoms with E-state index in [4.69, 9.17) is 0 Å². The van der Waals surface area contributed by atoms with E-state index in [2.05, 4.69) is 14.7 Å². The van der Waals surface area contributed by atoms with Gasteiger partial charge in [0.2, 0.25) is 0 Å². The van der Waals surface area contributed by atoms with Crippen LogP contribution in [0.2, 0.25) is 0 Å². The van der Waals surface area contributed by atoms with Crippen LogP contribution in [0, 0.1) is 0 Å². The van der Waals surface area contributed by atoms with E-state index in [1.54, 1.807) is 12.1 Å². The summed E-state index contributed by atoms with van der Waals surface area (Å²) in [5, 5.41) is 3.22. The van der Waals surface area contributed by atoms with Crippen LogP contribution < -0.4 is 0 Å². The fraction of sp³-hybridized carbons (Fsp3) is 0.0476. The molecular formula is C21H14F3N3O3S. The van der Waals surface area contributed by atoms with Gasteiger partial charge in [-0.05, 0) is 47.0 Å². The fourth-order valence-electron chi connectivity index (χ4n) is 2.80. The third-order valence-corrected chi connectivity index (χ3v) is 5.99. The number of hydrogen-bond donors (Lipinski definition) is 0. The Kier molecular flexibility index (Phi) is 5.24. The lowest BCUT2D eigenvalue weighted by molar-refractivity contribution is -0.159. The molecular weight excluding hydrogens is 431 g/mol. The van der Waals surface area contributed by atoms with E-state index in [0.29, 0.717) is 5.56 Å². The topological polar surface area (TPSA) is 78.0 Å². The van der Waals surface area contributed by atoms with Crippen molar-refractivity contribution in [3.63, 3.8) is 0 Å². The fourth-order valence-corrected chi connectivity index (χ4v) is 4.01. The van der Waals surface area contributed by atoms with E-state index in [1.807, 2.05) is 30.3 Å². The van der Waals surface area contributed by atoms with E-state index in [0.717, 1.165) is 15.1 Å². The summed E-state index contributed by atoms with van der Waals surface area (Å²) in [6.45, 7) is 0. The summed E-state index contributed by atoms with van der Waals surface area (Å²) in [6.07, 6.45) is 0.529. The Balaban J connectivity index is 1.53. The summed E-state index contributed by atoms with van der Waals surface area (Å²) in [7, 11) is -3.83. The van der Waals surface area contributed by atoms with Crippen LogP contribution in [0.25, 0.3) is 23.3 Å². The zero-order valence-corrected chi connectivity index (χ0v) is 16.5. The highest BCUT2D eigenvalue weighted by molar-refractivity contribution is 7.90. The lowest BCUT2D eigenvalue weighted by Crippen LogP contribution is -2.10. The Morgan fingerprint density at radius 2 is 1.58 bits per heavy atom. The molecule has 0 aliphatic carbocycles. The minimum Gasteiger partial charge on any atom is -0.329 e.